The molecule has 14 heavy (non-hydrogen) atoms. The van der Waals surface area contributed by atoms with Gasteiger partial charge in [0.1, 0.15) is 0 Å². The third-order valence-corrected chi connectivity index (χ3v) is 3.43. The highest BCUT2D eigenvalue weighted by Crippen LogP contribution is 2.39. The van der Waals surface area contributed by atoms with E-state index >= 15 is 0 Å². The van der Waals surface area contributed by atoms with E-state index in [2.05, 4.69) is 20.8 Å². The molecule has 0 aromatic heterocycles. The Bertz CT molecular complexity index is 200. The van der Waals surface area contributed by atoms with Crippen LogP contribution in [0.2, 0.25) is 0 Å². The Morgan fingerprint density at radius 2 is 1.71 bits per heavy atom. The van der Waals surface area contributed by atoms with Crippen LogP contribution in [0.25, 0.3) is 0 Å². The quantitative estimate of drug-likeness (QED) is 0.503. The molecule has 0 heterocycles. The summed E-state index contributed by atoms with van der Waals surface area (Å²) < 4.78 is 0. The van der Waals surface area contributed by atoms with Crippen LogP contribution in [0.4, 0.5) is 0 Å². The molecule has 1 aliphatic carbocycles. The maximum atomic E-state index is 11.2. The van der Waals surface area contributed by atoms with Gasteiger partial charge in [-0.3, -0.25) is 10.0 Å². The third-order valence-electron chi connectivity index (χ3n) is 3.43. The molecule has 0 spiro atoms. The number of carbonyl (C=O) groups excluding carboxylic acids is 1. The minimum absolute atomic E-state index is 0.0265. The van der Waals surface area contributed by atoms with Gasteiger partial charge in [-0.05, 0) is 37.0 Å². The lowest BCUT2D eigenvalue weighted by molar-refractivity contribution is -0.135. The molecule has 0 aromatic rings. The van der Waals surface area contributed by atoms with E-state index in [9.17, 15) is 4.79 Å². The minimum atomic E-state index is -0.211. The first-order valence-electron chi connectivity index (χ1n) is 5.39. The summed E-state index contributed by atoms with van der Waals surface area (Å²) in [7, 11) is 0. The van der Waals surface area contributed by atoms with Crippen molar-refractivity contribution >= 4 is 5.91 Å². The Morgan fingerprint density at radius 3 is 2.07 bits per heavy atom. The summed E-state index contributed by atoms with van der Waals surface area (Å²) in [5.74, 6) is 0.529. The van der Waals surface area contributed by atoms with E-state index in [4.69, 9.17) is 5.21 Å². The molecule has 0 atom stereocenters. The van der Waals surface area contributed by atoms with E-state index in [0.29, 0.717) is 11.3 Å². The Labute approximate surface area is 85.8 Å². The van der Waals surface area contributed by atoms with Crippen molar-refractivity contribution in [3.63, 3.8) is 0 Å². The maximum absolute atomic E-state index is 11.2. The Kier molecular flexibility index (Phi) is 3.53. The lowest BCUT2D eigenvalue weighted by Gasteiger charge is -2.36. The lowest BCUT2D eigenvalue weighted by atomic mass is 9.70. The van der Waals surface area contributed by atoms with E-state index in [1.165, 1.54) is 0 Å². The second kappa shape index (κ2) is 4.30. The van der Waals surface area contributed by atoms with Gasteiger partial charge in [0.25, 0.3) is 0 Å². The maximum Gasteiger partial charge on any atom is 0.246 e. The largest absolute Gasteiger partial charge is 0.289 e. The van der Waals surface area contributed by atoms with Crippen LogP contribution < -0.4 is 5.48 Å². The number of nitrogens with one attached hydrogen (secondary N) is 1. The van der Waals surface area contributed by atoms with Crippen molar-refractivity contribution in [2.45, 2.75) is 46.5 Å². The molecule has 3 heteroatoms. The first-order chi connectivity index (χ1) is 6.45. The highest BCUT2D eigenvalue weighted by atomic mass is 16.5. The molecule has 0 bridgehead atoms. The van der Waals surface area contributed by atoms with Gasteiger partial charge in [-0.15, -0.1) is 0 Å². The van der Waals surface area contributed by atoms with Gasteiger partial charge in [-0.2, -0.15) is 0 Å². The van der Waals surface area contributed by atoms with E-state index in [1.54, 1.807) is 5.48 Å². The van der Waals surface area contributed by atoms with Gasteiger partial charge >= 0.3 is 0 Å². The molecule has 1 aliphatic rings. The van der Waals surface area contributed by atoms with Crippen LogP contribution in [-0.2, 0) is 4.79 Å². The van der Waals surface area contributed by atoms with Crippen LogP contribution in [0.15, 0.2) is 0 Å². The van der Waals surface area contributed by atoms with Crippen molar-refractivity contribution in [2.75, 3.05) is 0 Å². The summed E-state index contributed by atoms with van der Waals surface area (Å²) in [6.07, 6.45) is 4.02. The number of rotatable bonds is 1. The van der Waals surface area contributed by atoms with Crippen LogP contribution >= 0.6 is 0 Å². The molecule has 0 aromatic carbocycles. The van der Waals surface area contributed by atoms with E-state index in [-0.39, 0.29) is 11.8 Å². The molecular weight excluding hydrogens is 178 g/mol. The minimum Gasteiger partial charge on any atom is -0.289 e. The van der Waals surface area contributed by atoms with Gasteiger partial charge in [-0.25, -0.2) is 5.48 Å². The predicted molar refractivity (Wildman–Crippen MR) is 54.8 cm³/mol. The highest BCUT2D eigenvalue weighted by molar-refractivity contribution is 5.77. The zero-order chi connectivity index (χ0) is 10.8. The average Bonchev–Trinajstić information content (AvgIpc) is 2.15. The molecule has 0 unspecified atom stereocenters. The SMILES string of the molecule is CC(C)(C)C1CCC(C(=O)NO)CC1. The molecule has 82 valence electrons. The number of hydrogen-bond acceptors (Lipinski definition) is 2. The molecule has 0 aliphatic heterocycles. The Balaban J connectivity index is 2.43. The summed E-state index contributed by atoms with van der Waals surface area (Å²) in [6, 6.07) is 0. The number of hydroxylamine groups is 1. The normalized spacial score (nSPS) is 28.6. The van der Waals surface area contributed by atoms with Gasteiger partial charge in [-0.1, -0.05) is 20.8 Å². The number of amides is 1. The van der Waals surface area contributed by atoms with Crippen LogP contribution in [0.5, 0.6) is 0 Å². The van der Waals surface area contributed by atoms with Crippen molar-refractivity contribution in [3.05, 3.63) is 0 Å². The van der Waals surface area contributed by atoms with Crippen molar-refractivity contribution in [1.82, 2.24) is 5.48 Å². The summed E-state index contributed by atoms with van der Waals surface area (Å²) in [4.78, 5) is 11.2. The predicted octanol–water partition coefficient (Wildman–Crippen LogP) is 2.34. The van der Waals surface area contributed by atoms with Crippen molar-refractivity contribution < 1.29 is 10.0 Å². The second-order valence-electron chi connectivity index (χ2n) is 5.39. The molecule has 1 amide bonds. The standard InChI is InChI=1S/C11H21NO2/c1-11(2,3)9-6-4-8(5-7-9)10(13)12-14/h8-9,14H,4-7H2,1-3H3,(H,12,13). The fraction of sp³-hybridized carbons (Fsp3) is 0.909. The summed E-state index contributed by atoms with van der Waals surface area (Å²) in [5, 5.41) is 8.51. The lowest BCUT2D eigenvalue weighted by Crippen LogP contribution is -2.33. The van der Waals surface area contributed by atoms with E-state index < -0.39 is 0 Å². The molecule has 2 N–H and O–H groups in total. The monoisotopic (exact) mass is 199 g/mol. The topological polar surface area (TPSA) is 49.3 Å². The molecule has 1 fully saturated rings. The summed E-state index contributed by atoms with van der Waals surface area (Å²) in [5.41, 5.74) is 2.10. The molecule has 1 saturated carbocycles. The van der Waals surface area contributed by atoms with Crippen molar-refractivity contribution in [1.29, 1.82) is 0 Å². The van der Waals surface area contributed by atoms with Gasteiger partial charge in [0.05, 0.1) is 0 Å². The van der Waals surface area contributed by atoms with Crippen LogP contribution in [0, 0.1) is 17.3 Å². The van der Waals surface area contributed by atoms with Gasteiger partial charge in [0.15, 0.2) is 0 Å². The fourth-order valence-corrected chi connectivity index (χ4v) is 2.31. The fourth-order valence-electron chi connectivity index (χ4n) is 2.31. The summed E-state index contributed by atoms with van der Waals surface area (Å²) in [6.45, 7) is 6.76. The molecular formula is C11H21NO2. The third kappa shape index (κ3) is 2.71. The van der Waals surface area contributed by atoms with Gasteiger partial charge in [0, 0.05) is 5.92 Å². The molecule has 3 nitrogen and oxygen atoms in total. The molecule has 0 radical (unpaired) electrons. The summed E-state index contributed by atoms with van der Waals surface area (Å²) >= 11 is 0. The van der Waals surface area contributed by atoms with Crippen LogP contribution in [0.1, 0.15) is 46.5 Å². The van der Waals surface area contributed by atoms with Crippen molar-refractivity contribution in [3.8, 4) is 0 Å². The smallest absolute Gasteiger partial charge is 0.246 e. The molecule has 0 saturated heterocycles. The van der Waals surface area contributed by atoms with Crippen LogP contribution in [-0.4, -0.2) is 11.1 Å². The second-order valence-corrected chi connectivity index (χ2v) is 5.39. The average molecular weight is 199 g/mol. The van der Waals surface area contributed by atoms with E-state index in [1.807, 2.05) is 0 Å². The number of hydrogen-bond donors (Lipinski definition) is 2. The van der Waals surface area contributed by atoms with Gasteiger partial charge < -0.3 is 0 Å². The van der Waals surface area contributed by atoms with E-state index in [0.717, 1.165) is 25.7 Å². The van der Waals surface area contributed by atoms with Crippen LogP contribution in [0.3, 0.4) is 0 Å². The molecule has 1 rings (SSSR count). The number of carbonyl (C=O) groups is 1. The Hall–Kier alpha value is -0.570. The zero-order valence-electron chi connectivity index (χ0n) is 9.34. The first-order valence-corrected chi connectivity index (χ1v) is 5.39. The zero-order valence-corrected chi connectivity index (χ0v) is 9.34. The first kappa shape index (κ1) is 11.5. The van der Waals surface area contributed by atoms with Crippen molar-refractivity contribution in [2.24, 2.45) is 17.3 Å². The highest BCUT2D eigenvalue weighted by Gasteiger charge is 2.32. The van der Waals surface area contributed by atoms with Gasteiger partial charge in [0.2, 0.25) is 5.91 Å². The Morgan fingerprint density at radius 1 is 1.21 bits per heavy atom.